The van der Waals surface area contributed by atoms with E-state index in [9.17, 15) is 4.79 Å². The number of pyridine rings is 1. The molecule has 1 N–H and O–H groups in total. The summed E-state index contributed by atoms with van der Waals surface area (Å²) in [5.41, 5.74) is 0.769. The number of nitrogens with zero attached hydrogens (tertiary/aromatic N) is 1. The molecule has 1 aromatic rings. The first-order valence-corrected chi connectivity index (χ1v) is 4.53. The van der Waals surface area contributed by atoms with E-state index < -0.39 is 0 Å². The molecule has 0 spiro atoms. The Balaban J connectivity index is 2.24. The number of nitrogens with one attached hydrogen (secondary N) is 1. The van der Waals surface area contributed by atoms with E-state index in [1.807, 2.05) is 18.2 Å². The number of carbonyl (C=O) groups is 1. The number of hydrogen-bond acceptors (Lipinski definition) is 4. The summed E-state index contributed by atoms with van der Waals surface area (Å²) < 4.78 is 4.99. The molecule has 4 nitrogen and oxygen atoms in total. The Morgan fingerprint density at radius 1 is 1.57 bits per heavy atom. The van der Waals surface area contributed by atoms with Gasteiger partial charge in [-0.25, -0.2) is 0 Å². The van der Waals surface area contributed by atoms with Crippen molar-refractivity contribution in [3.63, 3.8) is 0 Å². The molecule has 0 aliphatic carbocycles. The molecule has 0 saturated carbocycles. The monoisotopic (exact) mass is 194 g/mol. The van der Waals surface area contributed by atoms with Crippen LogP contribution in [-0.2, 0) is 16.1 Å². The number of rotatable bonds is 5. The van der Waals surface area contributed by atoms with Crippen LogP contribution in [0.4, 0.5) is 0 Å². The molecule has 1 rings (SSSR count). The lowest BCUT2D eigenvalue weighted by Crippen LogP contribution is -2.15. The van der Waals surface area contributed by atoms with Crippen molar-refractivity contribution < 1.29 is 9.53 Å². The van der Waals surface area contributed by atoms with Crippen LogP contribution in [0.15, 0.2) is 24.4 Å². The molecular weight excluding hydrogens is 180 g/mol. The number of esters is 1. The van der Waals surface area contributed by atoms with E-state index in [4.69, 9.17) is 4.74 Å². The van der Waals surface area contributed by atoms with Crippen LogP contribution in [0, 0.1) is 0 Å². The Kier molecular flexibility index (Phi) is 4.64. The fraction of sp³-hybridized carbons (Fsp3) is 0.400. The largest absolute Gasteiger partial charge is 0.459 e. The fourth-order valence-corrected chi connectivity index (χ4v) is 0.937. The van der Waals surface area contributed by atoms with E-state index in [1.165, 1.54) is 0 Å². The summed E-state index contributed by atoms with van der Waals surface area (Å²) in [7, 11) is 1.80. The van der Waals surface area contributed by atoms with Gasteiger partial charge < -0.3 is 10.1 Å². The minimum absolute atomic E-state index is 0.204. The van der Waals surface area contributed by atoms with E-state index in [0.717, 1.165) is 5.69 Å². The van der Waals surface area contributed by atoms with Crippen LogP contribution in [0.2, 0.25) is 0 Å². The minimum Gasteiger partial charge on any atom is -0.459 e. The van der Waals surface area contributed by atoms with Gasteiger partial charge in [0.2, 0.25) is 0 Å². The Morgan fingerprint density at radius 2 is 2.43 bits per heavy atom. The first kappa shape index (κ1) is 10.7. The highest BCUT2D eigenvalue weighted by Gasteiger charge is 2.01. The van der Waals surface area contributed by atoms with Crippen molar-refractivity contribution in [2.24, 2.45) is 0 Å². The summed E-state index contributed by atoms with van der Waals surface area (Å²) in [5.74, 6) is -0.204. The zero-order valence-electron chi connectivity index (χ0n) is 8.19. The predicted molar refractivity (Wildman–Crippen MR) is 52.6 cm³/mol. The third kappa shape index (κ3) is 4.00. The van der Waals surface area contributed by atoms with Crippen molar-refractivity contribution in [1.29, 1.82) is 0 Å². The van der Waals surface area contributed by atoms with Gasteiger partial charge in [0.1, 0.15) is 6.61 Å². The molecular formula is C10H14N2O2. The van der Waals surface area contributed by atoms with Gasteiger partial charge in [-0.1, -0.05) is 6.07 Å². The Bertz CT molecular complexity index is 275. The van der Waals surface area contributed by atoms with E-state index in [0.29, 0.717) is 13.0 Å². The molecule has 76 valence electrons. The summed E-state index contributed by atoms with van der Waals surface area (Å²) in [6.07, 6.45) is 2.07. The van der Waals surface area contributed by atoms with Crippen LogP contribution in [0.3, 0.4) is 0 Å². The lowest BCUT2D eigenvalue weighted by Gasteiger charge is -2.03. The van der Waals surface area contributed by atoms with Gasteiger partial charge in [0.05, 0.1) is 12.1 Å². The van der Waals surface area contributed by atoms with E-state index >= 15 is 0 Å². The van der Waals surface area contributed by atoms with Gasteiger partial charge >= 0.3 is 5.97 Å². The topological polar surface area (TPSA) is 51.2 Å². The molecule has 0 amide bonds. The molecule has 1 aromatic heterocycles. The molecule has 0 aliphatic rings. The maximum Gasteiger partial charge on any atom is 0.307 e. The molecule has 0 unspecified atom stereocenters. The molecule has 0 bridgehead atoms. The smallest absolute Gasteiger partial charge is 0.307 e. The average Bonchev–Trinajstić information content (AvgIpc) is 2.25. The Morgan fingerprint density at radius 3 is 3.07 bits per heavy atom. The van der Waals surface area contributed by atoms with Crippen molar-refractivity contribution in [3.05, 3.63) is 30.1 Å². The van der Waals surface area contributed by atoms with Crippen molar-refractivity contribution in [1.82, 2.24) is 10.3 Å². The summed E-state index contributed by atoms with van der Waals surface area (Å²) in [4.78, 5) is 15.1. The second-order valence-electron chi connectivity index (χ2n) is 2.84. The first-order chi connectivity index (χ1) is 6.83. The predicted octanol–water partition coefficient (Wildman–Crippen LogP) is 0.734. The molecule has 0 fully saturated rings. The van der Waals surface area contributed by atoms with Crippen LogP contribution < -0.4 is 5.32 Å². The summed E-state index contributed by atoms with van der Waals surface area (Å²) in [6.45, 7) is 0.893. The molecule has 1 heterocycles. The second-order valence-corrected chi connectivity index (χ2v) is 2.84. The third-order valence-electron chi connectivity index (χ3n) is 1.69. The van der Waals surface area contributed by atoms with Gasteiger partial charge in [0, 0.05) is 12.7 Å². The fourth-order valence-electron chi connectivity index (χ4n) is 0.937. The molecule has 4 heteroatoms. The van der Waals surface area contributed by atoms with E-state index in [-0.39, 0.29) is 12.6 Å². The summed E-state index contributed by atoms with van der Waals surface area (Å²) in [5, 5.41) is 2.88. The van der Waals surface area contributed by atoms with Gasteiger partial charge in [0.15, 0.2) is 0 Å². The third-order valence-corrected chi connectivity index (χ3v) is 1.69. The first-order valence-electron chi connectivity index (χ1n) is 4.53. The SMILES string of the molecule is CNCCC(=O)OCc1ccccn1. The molecule has 0 aromatic carbocycles. The normalized spacial score (nSPS) is 9.79. The minimum atomic E-state index is -0.204. The van der Waals surface area contributed by atoms with Gasteiger partial charge in [-0.05, 0) is 19.2 Å². The highest BCUT2D eigenvalue weighted by Crippen LogP contribution is 1.97. The molecule has 0 atom stereocenters. The van der Waals surface area contributed by atoms with Gasteiger partial charge in [-0.2, -0.15) is 0 Å². The maximum absolute atomic E-state index is 11.1. The van der Waals surface area contributed by atoms with Crippen LogP contribution in [0.5, 0.6) is 0 Å². The lowest BCUT2D eigenvalue weighted by atomic mass is 10.4. The molecule has 0 aliphatic heterocycles. The highest BCUT2D eigenvalue weighted by atomic mass is 16.5. The number of aromatic nitrogens is 1. The van der Waals surface area contributed by atoms with Crippen LogP contribution in [0.1, 0.15) is 12.1 Å². The summed E-state index contributed by atoms with van der Waals surface area (Å²) >= 11 is 0. The highest BCUT2D eigenvalue weighted by molar-refractivity contribution is 5.69. The molecule has 0 saturated heterocycles. The van der Waals surface area contributed by atoms with Crippen LogP contribution >= 0.6 is 0 Å². The van der Waals surface area contributed by atoms with Crippen molar-refractivity contribution in [2.75, 3.05) is 13.6 Å². The molecule has 0 radical (unpaired) electrons. The van der Waals surface area contributed by atoms with E-state index in [1.54, 1.807) is 13.2 Å². The van der Waals surface area contributed by atoms with Crippen molar-refractivity contribution >= 4 is 5.97 Å². The number of hydrogen-bond donors (Lipinski definition) is 1. The van der Waals surface area contributed by atoms with Gasteiger partial charge in [-0.3, -0.25) is 9.78 Å². The summed E-state index contributed by atoms with van der Waals surface area (Å²) in [6, 6.07) is 5.52. The Labute approximate surface area is 83.3 Å². The lowest BCUT2D eigenvalue weighted by molar-refractivity contribution is -0.144. The zero-order chi connectivity index (χ0) is 10.2. The quantitative estimate of drug-likeness (QED) is 0.702. The Hall–Kier alpha value is -1.42. The second kappa shape index (κ2) is 6.10. The standard InChI is InChI=1S/C10H14N2O2/c1-11-7-5-10(13)14-8-9-4-2-3-6-12-9/h2-4,6,11H,5,7-8H2,1H3. The maximum atomic E-state index is 11.1. The zero-order valence-corrected chi connectivity index (χ0v) is 8.19. The van der Waals surface area contributed by atoms with Crippen molar-refractivity contribution in [2.45, 2.75) is 13.0 Å². The molecule has 14 heavy (non-hydrogen) atoms. The number of carbonyl (C=O) groups excluding carboxylic acids is 1. The van der Waals surface area contributed by atoms with Gasteiger partial charge in [0.25, 0.3) is 0 Å². The van der Waals surface area contributed by atoms with Crippen molar-refractivity contribution in [3.8, 4) is 0 Å². The average molecular weight is 194 g/mol. The van der Waals surface area contributed by atoms with Crippen LogP contribution in [-0.4, -0.2) is 24.5 Å². The van der Waals surface area contributed by atoms with E-state index in [2.05, 4.69) is 10.3 Å². The number of ether oxygens (including phenoxy) is 1. The van der Waals surface area contributed by atoms with Gasteiger partial charge in [-0.15, -0.1) is 0 Å². The van der Waals surface area contributed by atoms with Crippen LogP contribution in [0.25, 0.3) is 0 Å².